The quantitative estimate of drug-likeness (QED) is 0.679. The predicted molar refractivity (Wildman–Crippen MR) is 82.2 cm³/mol. The zero-order chi connectivity index (χ0) is 16.2. The average molecular weight is 311 g/mol. The number of carbonyl (C=O) groups excluding carboxylic acids is 1. The van der Waals surface area contributed by atoms with Gasteiger partial charge in [0, 0.05) is 11.6 Å². The monoisotopic (exact) mass is 311 g/mol. The molecule has 1 aromatic heterocycles. The molecule has 0 saturated carbocycles. The van der Waals surface area contributed by atoms with Gasteiger partial charge in [-0.05, 0) is 31.2 Å². The molecule has 0 N–H and O–H groups in total. The largest absolute Gasteiger partial charge is 0.455 e. The molecule has 0 spiro atoms. The second-order valence-corrected chi connectivity index (χ2v) is 5.13. The van der Waals surface area contributed by atoms with Crippen molar-refractivity contribution in [1.29, 1.82) is 0 Å². The van der Waals surface area contributed by atoms with Gasteiger partial charge in [0.2, 0.25) is 0 Å². The zero-order valence-electron chi connectivity index (χ0n) is 12.5. The normalized spacial score (nSPS) is 10.5. The van der Waals surface area contributed by atoms with E-state index in [9.17, 15) is 9.18 Å². The Bertz CT molecular complexity index is 807. The van der Waals surface area contributed by atoms with Crippen LogP contribution in [0.4, 0.5) is 4.39 Å². The lowest BCUT2D eigenvalue weighted by Gasteiger charge is -2.01. The summed E-state index contributed by atoms with van der Waals surface area (Å²) in [7, 11) is 0. The van der Waals surface area contributed by atoms with Crippen LogP contribution in [0.1, 0.15) is 21.6 Å². The van der Waals surface area contributed by atoms with E-state index in [0.29, 0.717) is 11.5 Å². The van der Waals surface area contributed by atoms with Gasteiger partial charge in [-0.3, -0.25) is 0 Å². The summed E-state index contributed by atoms with van der Waals surface area (Å²) in [4.78, 5) is 11.8. The maximum atomic E-state index is 12.8. The van der Waals surface area contributed by atoms with Crippen molar-refractivity contribution in [3.05, 3.63) is 77.2 Å². The molecule has 0 radical (unpaired) electrons. The van der Waals surface area contributed by atoms with Crippen LogP contribution in [0, 0.1) is 12.7 Å². The minimum Gasteiger partial charge on any atom is -0.455 e. The number of aryl methyl sites for hydroxylation is 1. The molecule has 0 aliphatic rings. The van der Waals surface area contributed by atoms with Crippen LogP contribution < -0.4 is 0 Å². The maximum Gasteiger partial charge on any atom is 0.338 e. The second-order valence-electron chi connectivity index (χ2n) is 5.13. The van der Waals surface area contributed by atoms with Gasteiger partial charge in [0.1, 0.15) is 18.1 Å². The summed E-state index contributed by atoms with van der Waals surface area (Å²) >= 11 is 0. The molecule has 1 heterocycles. The van der Waals surface area contributed by atoms with Crippen LogP contribution in [-0.4, -0.2) is 11.1 Å². The summed E-state index contributed by atoms with van der Waals surface area (Å²) in [6.07, 6.45) is 0. The van der Waals surface area contributed by atoms with E-state index in [2.05, 4.69) is 5.16 Å². The van der Waals surface area contributed by atoms with Crippen LogP contribution >= 0.6 is 0 Å². The molecule has 0 unspecified atom stereocenters. The molecule has 0 fully saturated rings. The van der Waals surface area contributed by atoms with Crippen LogP contribution in [0.25, 0.3) is 11.3 Å². The molecule has 4 nitrogen and oxygen atoms in total. The third-order valence-electron chi connectivity index (χ3n) is 3.33. The van der Waals surface area contributed by atoms with Crippen molar-refractivity contribution in [2.75, 3.05) is 0 Å². The Labute approximate surface area is 132 Å². The van der Waals surface area contributed by atoms with Crippen LogP contribution in [0.5, 0.6) is 0 Å². The first kappa shape index (κ1) is 15.0. The molecule has 0 bridgehead atoms. The molecule has 23 heavy (non-hydrogen) atoms. The highest BCUT2D eigenvalue weighted by Crippen LogP contribution is 2.21. The van der Waals surface area contributed by atoms with Gasteiger partial charge >= 0.3 is 5.97 Å². The number of hydrogen-bond acceptors (Lipinski definition) is 4. The Hall–Kier alpha value is -2.95. The van der Waals surface area contributed by atoms with E-state index in [1.165, 1.54) is 24.3 Å². The first-order chi connectivity index (χ1) is 11.1. The van der Waals surface area contributed by atoms with E-state index in [1.807, 2.05) is 31.2 Å². The molecule has 0 atom stereocenters. The van der Waals surface area contributed by atoms with Crippen molar-refractivity contribution >= 4 is 5.97 Å². The van der Waals surface area contributed by atoms with Gasteiger partial charge < -0.3 is 9.26 Å². The first-order valence-electron chi connectivity index (χ1n) is 7.07. The van der Waals surface area contributed by atoms with Gasteiger partial charge in [0.25, 0.3) is 0 Å². The Morgan fingerprint density at radius 1 is 1.13 bits per heavy atom. The molecule has 2 aromatic carbocycles. The second kappa shape index (κ2) is 6.44. The predicted octanol–water partition coefficient (Wildman–Crippen LogP) is 4.15. The van der Waals surface area contributed by atoms with Crippen LogP contribution in [0.15, 0.2) is 59.1 Å². The topological polar surface area (TPSA) is 52.3 Å². The van der Waals surface area contributed by atoms with Gasteiger partial charge in [-0.2, -0.15) is 0 Å². The highest BCUT2D eigenvalue weighted by molar-refractivity contribution is 5.89. The molecule has 0 saturated heterocycles. The molecule has 3 rings (SSSR count). The Balaban J connectivity index is 1.64. The zero-order valence-corrected chi connectivity index (χ0v) is 12.5. The van der Waals surface area contributed by atoms with E-state index in [1.54, 1.807) is 6.07 Å². The van der Waals surface area contributed by atoms with Gasteiger partial charge in [-0.1, -0.05) is 35.0 Å². The minimum absolute atomic E-state index is 0.00836. The number of benzene rings is 2. The Kier molecular flexibility index (Phi) is 4.19. The van der Waals surface area contributed by atoms with Crippen molar-refractivity contribution in [2.45, 2.75) is 13.5 Å². The van der Waals surface area contributed by atoms with Crippen LogP contribution in [0.2, 0.25) is 0 Å². The van der Waals surface area contributed by atoms with E-state index >= 15 is 0 Å². The fourth-order valence-corrected chi connectivity index (χ4v) is 2.04. The fourth-order valence-electron chi connectivity index (χ4n) is 2.04. The smallest absolute Gasteiger partial charge is 0.338 e. The van der Waals surface area contributed by atoms with E-state index in [4.69, 9.17) is 9.26 Å². The van der Waals surface area contributed by atoms with Crippen molar-refractivity contribution in [2.24, 2.45) is 0 Å². The summed E-state index contributed by atoms with van der Waals surface area (Å²) in [5, 5.41) is 3.88. The summed E-state index contributed by atoms with van der Waals surface area (Å²) in [6, 6.07) is 14.7. The molecular weight excluding hydrogens is 297 g/mol. The molecule has 0 aliphatic carbocycles. The van der Waals surface area contributed by atoms with E-state index < -0.39 is 11.8 Å². The standard InChI is InChI=1S/C18H14FNO3/c1-12-2-4-13(5-3-12)17-10-16(20-23-17)11-22-18(21)14-6-8-15(19)9-7-14/h2-10H,11H2,1H3. The maximum absolute atomic E-state index is 12.8. The summed E-state index contributed by atoms with van der Waals surface area (Å²) in [6.45, 7) is 2.00. The number of nitrogens with zero attached hydrogens (tertiary/aromatic N) is 1. The number of hydrogen-bond donors (Lipinski definition) is 0. The molecule has 0 amide bonds. The number of esters is 1. The van der Waals surface area contributed by atoms with E-state index in [-0.39, 0.29) is 12.2 Å². The van der Waals surface area contributed by atoms with Gasteiger partial charge in [0.15, 0.2) is 5.76 Å². The summed E-state index contributed by atoms with van der Waals surface area (Å²) < 4.78 is 23.2. The lowest BCUT2D eigenvalue weighted by Crippen LogP contribution is -2.05. The van der Waals surface area contributed by atoms with Crippen molar-refractivity contribution in [1.82, 2.24) is 5.16 Å². The van der Waals surface area contributed by atoms with Gasteiger partial charge in [-0.15, -0.1) is 0 Å². The third-order valence-corrected chi connectivity index (χ3v) is 3.33. The third kappa shape index (κ3) is 3.63. The SMILES string of the molecule is Cc1ccc(-c2cc(COC(=O)c3ccc(F)cc3)no2)cc1. The number of carbonyl (C=O) groups is 1. The Morgan fingerprint density at radius 3 is 2.52 bits per heavy atom. The summed E-state index contributed by atoms with van der Waals surface area (Å²) in [5.41, 5.74) is 2.85. The van der Waals surface area contributed by atoms with Crippen molar-refractivity contribution in [3.63, 3.8) is 0 Å². The highest BCUT2D eigenvalue weighted by Gasteiger charge is 2.11. The van der Waals surface area contributed by atoms with E-state index in [0.717, 1.165) is 11.1 Å². The van der Waals surface area contributed by atoms with Crippen molar-refractivity contribution < 1.29 is 18.4 Å². The highest BCUT2D eigenvalue weighted by atomic mass is 19.1. The molecule has 116 valence electrons. The summed E-state index contributed by atoms with van der Waals surface area (Å²) in [5.74, 6) is -0.330. The lowest BCUT2D eigenvalue weighted by molar-refractivity contribution is 0.0464. The van der Waals surface area contributed by atoms with Gasteiger partial charge in [-0.25, -0.2) is 9.18 Å². The van der Waals surface area contributed by atoms with Crippen LogP contribution in [0.3, 0.4) is 0 Å². The fraction of sp³-hybridized carbons (Fsp3) is 0.111. The van der Waals surface area contributed by atoms with Crippen LogP contribution in [-0.2, 0) is 11.3 Å². The molecule has 3 aromatic rings. The molecule has 5 heteroatoms. The number of aromatic nitrogens is 1. The Morgan fingerprint density at radius 2 is 1.83 bits per heavy atom. The average Bonchev–Trinajstić information content (AvgIpc) is 3.03. The number of rotatable bonds is 4. The first-order valence-corrected chi connectivity index (χ1v) is 7.07. The molecular formula is C18H14FNO3. The van der Waals surface area contributed by atoms with Gasteiger partial charge in [0.05, 0.1) is 5.56 Å². The number of halogens is 1. The number of ether oxygens (including phenoxy) is 1. The lowest BCUT2D eigenvalue weighted by atomic mass is 10.1. The molecule has 0 aliphatic heterocycles. The van der Waals surface area contributed by atoms with Crippen molar-refractivity contribution in [3.8, 4) is 11.3 Å². The minimum atomic E-state index is -0.537.